The van der Waals surface area contributed by atoms with Gasteiger partial charge in [0.15, 0.2) is 0 Å². The Morgan fingerprint density at radius 2 is 1.57 bits per heavy atom. The second kappa shape index (κ2) is 8.46. The van der Waals surface area contributed by atoms with Crippen LogP contribution in [0, 0.1) is 0 Å². The van der Waals surface area contributed by atoms with Crippen molar-refractivity contribution in [3.05, 3.63) is 70.8 Å². The number of likely N-dealkylation sites (tertiary alicyclic amines) is 1. The molecule has 2 aliphatic heterocycles. The number of likely N-dealkylation sites (N-methyl/N-ethyl adjacent to an activating group) is 1. The van der Waals surface area contributed by atoms with E-state index in [0.29, 0.717) is 24.0 Å². The van der Waals surface area contributed by atoms with E-state index in [1.807, 2.05) is 18.2 Å². The Morgan fingerprint density at radius 3 is 2.21 bits per heavy atom. The highest BCUT2D eigenvalue weighted by molar-refractivity contribution is 6.30. The summed E-state index contributed by atoms with van der Waals surface area (Å²) < 4.78 is 6.15. The van der Waals surface area contributed by atoms with Gasteiger partial charge in [-0.25, -0.2) is 9.59 Å². The van der Waals surface area contributed by atoms with Gasteiger partial charge in [-0.2, -0.15) is 0 Å². The number of para-hydroxylation sites is 1. The van der Waals surface area contributed by atoms with Crippen LogP contribution in [0.25, 0.3) is 0 Å². The number of carbonyl (C=O) groups is 2. The lowest BCUT2D eigenvalue weighted by molar-refractivity contribution is -0.134. The number of nitrogens with zero attached hydrogens (tertiary/aromatic N) is 1. The zero-order chi connectivity index (χ0) is 20.3. The molecule has 0 aromatic heterocycles. The Bertz CT molecular complexity index is 911. The molecule has 0 spiro atoms. The summed E-state index contributed by atoms with van der Waals surface area (Å²) in [5.74, 6) is 0.358. The van der Waals surface area contributed by atoms with Gasteiger partial charge in [0, 0.05) is 47.7 Å². The number of ether oxygens (including phenoxy) is 1. The lowest BCUT2D eigenvalue weighted by Gasteiger charge is -2.17. The van der Waals surface area contributed by atoms with Crippen molar-refractivity contribution in [1.29, 1.82) is 0 Å². The molecule has 0 aliphatic carbocycles. The van der Waals surface area contributed by atoms with Gasteiger partial charge in [-0.3, -0.25) is 0 Å². The number of carboxylic acids is 2. The topological polar surface area (TPSA) is 87.1 Å². The molecule has 0 bridgehead atoms. The fraction of sp³-hybridized carbons (Fsp3) is 0.238. The minimum Gasteiger partial charge on any atom is -0.478 e. The minimum absolute atomic E-state index is 0.456. The lowest BCUT2D eigenvalue weighted by atomic mass is 9.84. The van der Waals surface area contributed by atoms with Crippen LogP contribution in [-0.2, 0) is 9.59 Å². The maximum atomic E-state index is 9.55. The molecule has 0 radical (unpaired) electrons. The maximum absolute atomic E-state index is 9.55. The predicted octanol–water partition coefficient (Wildman–Crippen LogP) is 3.97. The van der Waals surface area contributed by atoms with Gasteiger partial charge in [-0.15, -0.1) is 0 Å². The van der Waals surface area contributed by atoms with Crippen molar-refractivity contribution >= 4 is 23.5 Å². The summed E-state index contributed by atoms with van der Waals surface area (Å²) in [6, 6.07) is 14.4. The maximum Gasteiger partial charge on any atom is 0.328 e. The van der Waals surface area contributed by atoms with E-state index >= 15 is 0 Å². The number of fused-ring (bicyclic) bond motifs is 5. The van der Waals surface area contributed by atoms with E-state index in [9.17, 15) is 9.59 Å². The Balaban J connectivity index is 0.000000242. The zero-order valence-electron chi connectivity index (χ0n) is 15.2. The monoisotopic (exact) mass is 401 g/mol. The first-order valence-corrected chi connectivity index (χ1v) is 9.11. The Kier molecular flexibility index (Phi) is 6.02. The molecular formula is C21H20ClNO5. The van der Waals surface area contributed by atoms with Crippen LogP contribution in [-0.4, -0.2) is 47.2 Å². The average Bonchev–Trinajstić information content (AvgIpc) is 2.98. The average molecular weight is 402 g/mol. The molecule has 2 aliphatic rings. The standard InChI is InChI=1S/C17H16ClNO.C4H4O4/c1-19-9-14-12-4-2-3-5-16(12)20-17-7-6-11(18)8-13(17)15(14)10-19;5-3(6)1-2-4(7)8/h2-8,14-15H,9-10H2,1H3;1-2H,(H,5,6)(H,7,8)/b;2-1-/t14-,15+;/m0./s1. The van der Waals surface area contributed by atoms with E-state index in [-0.39, 0.29) is 0 Å². The highest BCUT2D eigenvalue weighted by Crippen LogP contribution is 2.49. The summed E-state index contributed by atoms with van der Waals surface area (Å²) in [4.78, 5) is 21.5. The molecule has 28 heavy (non-hydrogen) atoms. The van der Waals surface area contributed by atoms with Gasteiger partial charge >= 0.3 is 11.9 Å². The van der Waals surface area contributed by atoms with Gasteiger partial charge in [-0.05, 0) is 36.9 Å². The smallest absolute Gasteiger partial charge is 0.328 e. The quantitative estimate of drug-likeness (QED) is 0.740. The lowest BCUT2D eigenvalue weighted by Crippen LogP contribution is -2.14. The van der Waals surface area contributed by atoms with E-state index in [2.05, 4.69) is 36.2 Å². The molecule has 146 valence electrons. The van der Waals surface area contributed by atoms with Crippen molar-refractivity contribution in [3.8, 4) is 11.5 Å². The van der Waals surface area contributed by atoms with Gasteiger partial charge < -0.3 is 19.8 Å². The van der Waals surface area contributed by atoms with E-state index in [0.717, 1.165) is 29.6 Å². The number of benzene rings is 2. The summed E-state index contributed by atoms with van der Waals surface area (Å²) in [5.41, 5.74) is 2.55. The Labute approximate surface area is 167 Å². The molecule has 4 rings (SSSR count). The number of carboxylic acid groups (broad SMARTS) is 2. The van der Waals surface area contributed by atoms with Crippen molar-refractivity contribution in [2.24, 2.45) is 0 Å². The largest absolute Gasteiger partial charge is 0.478 e. The van der Waals surface area contributed by atoms with Crippen LogP contribution in [0.15, 0.2) is 54.6 Å². The van der Waals surface area contributed by atoms with Crippen LogP contribution in [0.3, 0.4) is 0 Å². The molecule has 0 saturated carbocycles. The van der Waals surface area contributed by atoms with Gasteiger partial charge in [0.05, 0.1) is 0 Å². The molecule has 1 fully saturated rings. The van der Waals surface area contributed by atoms with Crippen LogP contribution < -0.4 is 4.74 Å². The first-order chi connectivity index (χ1) is 13.3. The number of aliphatic carboxylic acids is 2. The number of hydrogen-bond acceptors (Lipinski definition) is 4. The molecule has 6 nitrogen and oxygen atoms in total. The molecule has 7 heteroatoms. The number of hydrogen-bond donors (Lipinski definition) is 2. The normalized spacial score (nSPS) is 20.1. The van der Waals surface area contributed by atoms with Crippen molar-refractivity contribution in [2.45, 2.75) is 11.8 Å². The van der Waals surface area contributed by atoms with E-state index in [4.69, 9.17) is 26.6 Å². The summed E-state index contributed by atoms with van der Waals surface area (Å²) in [7, 11) is 2.18. The van der Waals surface area contributed by atoms with Crippen LogP contribution in [0.2, 0.25) is 5.02 Å². The van der Waals surface area contributed by atoms with Gasteiger partial charge in [0.1, 0.15) is 11.5 Å². The van der Waals surface area contributed by atoms with Crippen molar-refractivity contribution in [3.63, 3.8) is 0 Å². The molecule has 2 aromatic carbocycles. The van der Waals surface area contributed by atoms with E-state index in [1.54, 1.807) is 0 Å². The van der Waals surface area contributed by atoms with Crippen LogP contribution >= 0.6 is 11.6 Å². The molecular weight excluding hydrogens is 382 g/mol. The van der Waals surface area contributed by atoms with Crippen molar-refractivity contribution in [1.82, 2.24) is 4.90 Å². The summed E-state index contributed by atoms with van der Waals surface area (Å²) >= 11 is 6.20. The summed E-state index contributed by atoms with van der Waals surface area (Å²) in [5, 5.41) is 16.4. The van der Waals surface area contributed by atoms with Gasteiger partial charge in [-0.1, -0.05) is 29.8 Å². The third-order valence-corrected chi connectivity index (χ3v) is 5.02. The summed E-state index contributed by atoms with van der Waals surface area (Å²) in [6.07, 6.45) is 1.12. The Morgan fingerprint density at radius 1 is 1.00 bits per heavy atom. The molecule has 1 saturated heterocycles. The van der Waals surface area contributed by atoms with Crippen molar-refractivity contribution < 1.29 is 24.5 Å². The van der Waals surface area contributed by atoms with Crippen LogP contribution in [0.4, 0.5) is 0 Å². The second-order valence-corrected chi connectivity index (χ2v) is 7.20. The zero-order valence-corrected chi connectivity index (χ0v) is 16.0. The molecule has 2 atom stereocenters. The van der Waals surface area contributed by atoms with Crippen LogP contribution in [0.5, 0.6) is 11.5 Å². The molecule has 0 unspecified atom stereocenters. The second-order valence-electron chi connectivity index (χ2n) is 6.77. The van der Waals surface area contributed by atoms with Crippen molar-refractivity contribution in [2.75, 3.05) is 20.1 Å². The summed E-state index contributed by atoms with van der Waals surface area (Å²) in [6.45, 7) is 2.12. The van der Waals surface area contributed by atoms with E-state index < -0.39 is 11.9 Å². The number of halogens is 1. The van der Waals surface area contributed by atoms with E-state index in [1.165, 1.54) is 11.1 Å². The predicted molar refractivity (Wildman–Crippen MR) is 105 cm³/mol. The molecule has 2 aromatic rings. The molecule has 2 heterocycles. The number of rotatable bonds is 2. The Hall–Kier alpha value is -2.83. The van der Waals surface area contributed by atoms with Crippen LogP contribution in [0.1, 0.15) is 23.0 Å². The fourth-order valence-electron chi connectivity index (χ4n) is 3.67. The third-order valence-electron chi connectivity index (χ3n) is 4.78. The minimum atomic E-state index is -1.26. The highest BCUT2D eigenvalue weighted by Gasteiger charge is 2.38. The molecule has 0 amide bonds. The first-order valence-electron chi connectivity index (χ1n) is 8.74. The molecule has 2 N–H and O–H groups in total. The van der Waals surface area contributed by atoms with Gasteiger partial charge in [0.25, 0.3) is 0 Å². The fourth-order valence-corrected chi connectivity index (χ4v) is 3.85. The van der Waals surface area contributed by atoms with Gasteiger partial charge in [0.2, 0.25) is 0 Å². The SMILES string of the molecule is CN1C[C@@H]2c3cc(Cl)ccc3Oc3ccccc3[C@@H]2C1.O=C(O)/C=C\C(=O)O. The first kappa shape index (κ1) is 19.9. The third kappa shape index (κ3) is 4.52. The highest BCUT2D eigenvalue weighted by atomic mass is 35.5.